The van der Waals surface area contributed by atoms with E-state index in [-0.39, 0.29) is 18.3 Å². The Balaban J connectivity index is 1.91. The van der Waals surface area contributed by atoms with Crippen LogP contribution in [0.5, 0.6) is 0 Å². The highest BCUT2D eigenvalue weighted by Gasteiger charge is 2.57. The Morgan fingerprint density at radius 3 is 2.34 bits per heavy atom. The number of benzene rings is 2. The third-order valence-electron chi connectivity index (χ3n) is 5.56. The lowest BCUT2D eigenvalue weighted by atomic mass is 9.85. The monoisotopic (exact) mass is 482 g/mol. The van der Waals surface area contributed by atoms with Crippen molar-refractivity contribution in [1.82, 2.24) is 5.32 Å². The van der Waals surface area contributed by atoms with Crippen molar-refractivity contribution in [2.24, 2.45) is 4.40 Å². The quantitative estimate of drug-likeness (QED) is 0.683. The van der Waals surface area contributed by atoms with Crippen molar-refractivity contribution in [2.75, 3.05) is 0 Å². The number of sulfonamides is 1. The first-order chi connectivity index (χ1) is 13.5. The minimum atomic E-state index is -3.93. The molecule has 0 aromatic heterocycles. The minimum absolute atomic E-state index is 0.126. The summed E-state index contributed by atoms with van der Waals surface area (Å²) in [7, 11) is -3.93. The average Bonchev–Trinajstić information content (AvgIpc) is 2.62. The fraction of sp³-hybridized carbons (Fsp3) is 0.381. The van der Waals surface area contributed by atoms with Gasteiger partial charge in [0.15, 0.2) is 0 Å². The molecule has 1 unspecified atom stereocenters. The lowest BCUT2D eigenvalue weighted by Gasteiger charge is -2.45. The summed E-state index contributed by atoms with van der Waals surface area (Å²) in [5.74, 6) is -0.383. The normalized spacial score (nSPS) is 23.6. The molecule has 1 aliphatic rings. The molecular weight excluding hydrogens is 459 g/mol. The molecule has 0 saturated carbocycles. The maximum absolute atomic E-state index is 14.0. The fourth-order valence-corrected chi connectivity index (χ4v) is 5.12. The van der Waals surface area contributed by atoms with Gasteiger partial charge >= 0.3 is 6.02 Å². The molecule has 0 aliphatic carbocycles. The van der Waals surface area contributed by atoms with Crippen LogP contribution in [-0.2, 0) is 21.2 Å². The molecule has 3 rings (SSSR count). The highest BCUT2D eigenvalue weighted by molar-refractivity contribution is 9.10. The number of hydrogen-bond donors (Lipinski definition) is 1. The molecule has 2 aromatic carbocycles. The predicted molar refractivity (Wildman–Crippen MR) is 116 cm³/mol. The molecule has 29 heavy (non-hydrogen) atoms. The topological polar surface area (TPSA) is 67.8 Å². The molecule has 2 aromatic rings. The van der Waals surface area contributed by atoms with Crippen molar-refractivity contribution in [3.8, 4) is 0 Å². The van der Waals surface area contributed by atoms with Crippen molar-refractivity contribution in [3.63, 3.8) is 0 Å². The molecule has 0 radical (unpaired) electrons. The largest absolute Gasteiger partial charge is 0.457 e. The van der Waals surface area contributed by atoms with Gasteiger partial charge in [0.2, 0.25) is 0 Å². The summed E-state index contributed by atoms with van der Waals surface area (Å²) in [5.41, 5.74) is 0.192. The number of hydrogen-bond acceptors (Lipinski definition) is 4. The average molecular weight is 483 g/mol. The molecule has 0 amide bonds. The van der Waals surface area contributed by atoms with Gasteiger partial charge in [-0.3, -0.25) is 0 Å². The Kier molecular flexibility index (Phi) is 5.80. The molecule has 0 fully saturated rings. The predicted octanol–water partition coefficient (Wildman–Crippen LogP) is 4.73. The van der Waals surface area contributed by atoms with Crippen molar-refractivity contribution >= 4 is 32.0 Å². The van der Waals surface area contributed by atoms with Crippen LogP contribution in [-0.4, -0.2) is 24.8 Å². The summed E-state index contributed by atoms with van der Waals surface area (Å²) in [6.45, 7) is 6.82. The second kappa shape index (κ2) is 7.72. The zero-order valence-electron chi connectivity index (χ0n) is 16.7. The van der Waals surface area contributed by atoms with E-state index in [0.717, 1.165) is 10.0 Å². The number of ether oxygens (including phenoxy) is 1. The van der Waals surface area contributed by atoms with Crippen LogP contribution in [0.15, 0.2) is 57.4 Å². The van der Waals surface area contributed by atoms with Crippen LogP contribution in [0.2, 0.25) is 0 Å². The number of rotatable bonds is 4. The molecule has 0 saturated heterocycles. The van der Waals surface area contributed by atoms with E-state index < -0.39 is 26.4 Å². The van der Waals surface area contributed by atoms with Crippen molar-refractivity contribution in [3.05, 3.63) is 69.9 Å². The summed E-state index contributed by atoms with van der Waals surface area (Å²) in [5, 5.41) is 2.90. The summed E-state index contributed by atoms with van der Waals surface area (Å²) in [6, 6.07) is 13.1. The van der Waals surface area contributed by atoms with Crippen molar-refractivity contribution < 1.29 is 17.5 Å². The number of amidine groups is 1. The molecule has 1 aliphatic heterocycles. The van der Waals surface area contributed by atoms with E-state index in [4.69, 9.17) is 4.74 Å². The molecule has 156 valence electrons. The van der Waals surface area contributed by atoms with Gasteiger partial charge in [-0.25, -0.2) is 12.8 Å². The molecule has 8 heteroatoms. The van der Waals surface area contributed by atoms with Crippen LogP contribution in [0.25, 0.3) is 0 Å². The third kappa shape index (κ3) is 4.19. The SMILES string of the molecule is C[C@H](NC1=NS(=O)(=O)C(C)(Cc2ccc(Br)cc2)C(C)(C)O1)c1ccccc1F. The third-order valence-corrected chi connectivity index (χ3v) is 8.27. The Morgan fingerprint density at radius 1 is 1.14 bits per heavy atom. The van der Waals surface area contributed by atoms with Crippen LogP contribution in [0.3, 0.4) is 0 Å². The van der Waals surface area contributed by atoms with E-state index in [1.54, 1.807) is 45.9 Å². The first kappa shape index (κ1) is 21.8. The molecule has 1 N–H and O–H groups in total. The molecule has 1 heterocycles. The van der Waals surface area contributed by atoms with E-state index in [0.29, 0.717) is 5.56 Å². The fourth-order valence-electron chi connectivity index (χ4n) is 3.33. The maximum Gasteiger partial charge on any atom is 0.301 e. The lowest BCUT2D eigenvalue weighted by molar-refractivity contribution is 0.0411. The zero-order valence-corrected chi connectivity index (χ0v) is 19.1. The second-order valence-corrected chi connectivity index (χ2v) is 10.9. The van der Waals surface area contributed by atoms with Gasteiger partial charge in [0.05, 0.1) is 6.04 Å². The zero-order chi connectivity index (χ0) is 21.4. The Bertz CT molecular complexity index is 1040. The van der Waals surface area contributed by atoms with Gasteiger partial charge < -0.3 is 10.1 Å². The van der Waals surface area contributed by atoms with Gasteiger partial charge in [-0.2, -0.15) is 0 Å². The first-order valence-electron chi connectivity index (χ1n) is 9.24. The van der Waals surface area contributed by atoms with Crippen LogP contribution in [0.1, 0.15) is 44.9 Å². The van der Waals surface area contributed by atoms with E-state index in [1.807, 2.05) is 24.3 Å². The van der Waals surface area contributed by atoms with Gasteiger partial charge in [0.25, 0.3) is 10.0 Å². The van der Waals surface area contributed by atoms with Gasteiger partial charge in [0, 0.05) is 10.0 Å². The summed E-state index contributed by atoms with van der Waals surface area (Å²) < 4.78 is 50.0. The standard InChI is InChI=1S/C21H24BrFN2O3S/c1-14(17-7-5-6-8-18(17)23)24-19-25-29(26,27)21(4,20(2,3)28-19)13-15-9-11-16(22)12-10-15/h5-12,14H,13H2,1-4H3,(H,24,25)/t14-,21?/m0/s1. The van der Waals surface area contributed by atoms with Crippen LogP contribution >= 0.6 is 15.9 Å². The number of nitrogens with one attached hydrogen (secondary N) is 1. The van der Waals surface area contributed by atoms with E-state index >= 15 is 0 Å². The molecule has 5 nitrogen and oxygen atoms in total. The highest BCUT2D eigenvalue weighted by atomic mass is 79.9. The van der Waals surface area contributed by atoms with Crippen LogP contribution in [0, 0.1) is 5.82 Å². The summed E-state index contributed by atoms with van der Waals surface area (Å²) in [6.07, 6.45) is 0.245. The molecular formula is C21H24BrFN2O3S. The smallest absolute Gasteiger partial charge is 0.301 e. The summed E-state index contributed by atoms with van der Waals surface area (Å²) in [4.78, 5) is 0. The van der Waals surface area contributed by atoms with E-state index in [9.17, 15) is 12.8 Å². The second-order valence-electron chi connectivity index (χ2n) is 7.91. The molecule has 0 spiro atoms. The van der Waals surface area contributed by atoms with Gasteiger partial charge in [-0.1, -0.05) is 46.3 Å². The Labute approximate surface area is 179 Å². The van der Waals surface area contributed by atoms with Crippen LogP contribution in [0.4, 0.5) is 4.39 Å². The van der Waals surface area contributed by atoms with Gasteiger partial charge in [-0.15, -0.1) is 4.40 Å². The van der Waals surface area contributed by atoms with Crippen LogP contribution < -0.4 is 5.32 Å². The lowest BCUT2D eigenvalue weighted by Crippen LogP contribution is -2.61. The highest BCUT2D eigenvalue weighted by Crippen LogP contribution is 2.41. The van der Waals surface area contributed by atoms with Gasteiger partial charge in [-0.05, 0) is 57.9 Å². The Hall–Kier alpha value is -1.93. The molecule has 0 bridgehead atoms. The van der Waals surface area contributed by atoms with E-state index in [2.05, 4.69) is 25.6 Å². The van der Waals surface area contributed by atoms with Crippen molar-refractivity contribution in [2.45, 2.75) is 50.5 Å². The maximum atomic E-state index is 14.0. The summed E-state index contributed by atoms with van der Waals surface area (Å²) >= 11 is 3.38. The first-order valence-corrected chi connectivity index (χ1v) is 11.5. The van der Waals surface area contributed by atoms with E-state index in [1.165, 1.54) is 6.07 Å². The molecule has 2 atom stereocenters. The number of nitrogens with zero attached hydrogens (tertiary/aromatic N) is 1. The van der Waals surface area contributed by atoms with Crippen molar-refractivity contribution in [1.29, 1.82) is 0 Å². The Morgan fingerprint density at radius 2 is 1.76 bits per heavy atom. The number of halogens is 2. The van der Waals surface area contributed by atoms with Gasteiger partial charge in [0.1, 0.15) is 16.2 Å². The minimum Gasteiger partial charge on any atom is -0.457 e.